The van der Waals surface area contributed by atoms with Crippen molar-refractivity contribution < 1.29 is 29.0 Å². The van der Waals surface area contributed by atoms with Crippen LogP contribution in [0.3, 0.4) is 0 Å². The summed E-state index contributed by atoms with van der Waals surface area (Å²) in [6, 6.07) is 16.2. The van der Waals surface area contributed by atoms with Crippen LogP contribution >= 0.6 is 0 Å². The van der Waals surface area contributed by atoms with Gasteiger partial charge in [0, 0.05) is 32.5 Å². The number of ether oxygens (including phenoxy) is 2. The second-order valence-electron chi connectivity index (χ2n) is 9.22. The van der Waals surface area contributed by atoms with E-state index in [1.54, 1.807) is 0 Å². The molecule has 0 aromatic heterocycles. The van der Waals surface area contributed by atoms with E-state index in [4.69, 9.17) is 9.47 Å². The van der Waals surface area contributed by atoms with Crippen molar-refractivity contribution in [2.24, 2.45) is 11.8 Å². The van der Waals surface area contributed by atoms with Gasteiger partial charge in [-0.1, -0.05) is 61.4 Å². The van der Waals surface area contributed by atoms with E-state index in [1.165, 1.54) is 7.11 Å². The first-order valence-electron chi connectivity index (χ1n) is 12.1. The lowest BCUT2D eigenvalue weighted by atomic mass is 9.98. The highest BCUT2D eigenvalue weighted by Gasteiger charge is 2.31. The van der Waals surface area contributed by atoms with E-state index in [1.807, 2.05) is 24.3 Å². The number of carbonyl (C=O) groups is 3. The summed E-state index contributed by atoms with van der Waals surface area (Å²) in [7, 11) is 1.41. The van der Waals surface area contributed by atoms with Crippen LogP contribution in [0, 0.1) is 11.8 Å². The molecule has 8 heteroatoms. The summed E-state index contributed by atoms with van der Waals surface area (Å²) in [5.41, 5.74) is 4.60. The number of benzene rings is 2. The number of aliphatic carboxylic acids is 1. The van der Waals surface area contributed by atoms with Crippen molar-refractivity contribution in [2.75, 3.05) is 26.8 Å². The summed E-state index contributed by atoms with van der Waals surface area (Å²) in [5, 5.41) is 14.7. The molecule has 0 heterocycles. The molecule has 1 saturated carbocycles. The summed E-state index contributed by atoms with van der Waals surface area (Å²) in [6.45, 7) is 0.475. The number of hydrogen-bond donors (Lipinski definition) is 3. The quantitative estimate of drug-likeness (QED) is 0.428. The zero-order valence-electron chi connectivity index (χ0n) is 19.9. The van der Waals surface area contributed by atoms with E-state index in [0.717, 1.165) is 35.1 Å². The van der Waals surface area contributed by atoms with Gasteiger partial charge in [-0.2, -0.15) is 0 Å². The number of amides is 2. The zero-order valence-corrected chi connectivity index (χ0v) is 19.9. The fourth-order valence-corrected chi connectivity index (χ4v) is 4.68. The minimum absolute atomic E-state index is 0.0246. The van der Waals surface area contributed by atoms with Gasteiger partial charge in [0.1, 0.15) is 12.7 Å². The van der Waals surface area contributed by atoms with Gasteiger partial charge in [0.05, 0.1) is 5.92 Å². The number of methoxy groups -OCH3 is 1. The van der Waals surface area contributed by atoms with Gasteiger partial charge in [-0.25, -0.2) is 4.79 Å². The molecule has 2 amide bonds. The summed E-state index contributed by atoms with van der Waals surface area (Å²) in [6.07, 6.45) is 1.58. The third-order valence-corrected chi connectivity index (χ3v) is 6.78. The van der Waals surface area contributed by atoms with Crippen molar-refractivity contribution in [3.05, 3.63) is 59.7 Å². The molecular formula is C27H32N2O6. The number of carboxylic acid groups (broad SMARTS) is 1. The molecule has 35 heavy (non-hydrogen) atoms. The SMILES string of the molecule is COC(CCNC(=O)OCC1c2ccccc2-c2ccccc21)C(=O)NCC(CC1CC1)C(=O)O. The Morgan fingerprint density at radius 2 is 1.63 bits per heavy atom. The lowest BCUT2D eigenvalue weighted by Crippen LogP contribution is -2.41. The lowest BCUT2D eigenvalue weighted by molar-refractivity contribution is -0.142. The first kappa shape index (κ1) is 24.7. The Labute approximate surface area is 205 Å². The van der Waals surface area contributed by atoms with Crippen molar-refractivity contribution in [3.8, 4) is 11.1 Å². The van der Waals surface area contributed by atoms with Crippen LogP contribution < -0.4 is 10.6 Å². The van der Waals surface area contributed by atoms with Gasteiger partial charge < -0.3 is 25.2 Å². The van der Waals surface area contributed by atoms with Gasteiger partial charge in [-0.3, -0.25) is 9.59 Å². The van der Waals surface area contributed by atoms with Crippen LogP contribution in [0.2, 0.25) is 0 Å². The number of fused-ring (bicyclic) bond motifs is 3. The third-order valence-electron chi connectivity index (χ3n) is 6.78. The molecule has 186 valence electrons. The number of carboxylic acids is 1. The van der Waals surface area contributed by atoms with Crippen LogP contribution in [-0.2, 0) is 19.1 Å². The smallest absolute Gasteiger partial charge is 0.407 e. The van der Waals surface area contributed by atoms with Gasteiger partial charge in [-0.15, -0.1) is 0 Å². The number of rotatable bonds is 12. The molecule has 1 fully saturated rings. The second-order valence-corrected chi connectivity index (χ2v) is 9.22. The monoisotopic (exact) mass is 480 g/mol. The molecule has 2 atom stereocenters. The van der Waals surface area contributed by atoms with E-state index in [2.05, 4.69) is 34.9 Å². The van der Waals surface area contributed by atoms with E-state index in [9.17, 15) is 19.5 Å². The number of hydrogen-bond acceptors (Lipinski definition) is 5. The number of alkyl carbamates (subject to hydrolysis) is 1. The average Bonchev–Trinajstić information content (AvgIpc) is 3.63. The normalized spacial score (nSPS) is 16.0. The molecule has 2 aliphatic carbocycles. The fourth-order valence-electron chi connectivity index (χ4n) is 4.68. The zero-order chi connectivity index (χ0) is 24.8. The van der Waals surface area contributed by atoms with E-state index >= 15 is 0 Å². The summed E-state index contributed by atoms with van der Waals surface area (Å²) >= 11 is 0. The van der Waals surface area contributed by atoms with E-state index in [0.29, 0.717) is 12.3 Å². The van der Waals surface area contributed by atoms with Gasteiger partial charge in [-0.05, 0) is 34.6 Å². The summed E-state index contributed by atoms with van der Waals surface area (Å²) in [5.74, 6) is -1.45. The Balaban J connectivity index is 1.21. The summed E-state index contributed by atoms with van der Waals surface area (Å²) in [4.78, 5) is 36.2. The Morgan fingerprint density at radius 3 is 2.20 bits per heavy atom. The molecule has 2 aliphatic rings. The second kappa shape index (κ2) is 11.4. The van der Waals surface area contributed by atoms with Crippen molar-refractivity contribution in [1.82, 2.24) is 10.6 Å². The highest BCUT2D eigenvalue weighted by atomic mass is 16.5. The molecule has 0 spiro atoms. The van der Waals surface area contributed by atoms with Crippen LogP contribution in [0.25, 0.3) is 11.1 Å². The number of carbonyl (C=O) groups excluding carboxylic acids is 2. The first-order chi connectivity index (χ1) is 17.0. The fraction of sp³-hybridized carbons (Fsp3) is 0.444. The van der Waals surface area contributed by atoms with E-state index < -0.39 is 24.1 Å². The Kier molecular flexibility index (Phi) is 8.02. The summed E-state index contributed by atoms with van der Waals surface area (Å²) < 4.78 is 10.8. The predicted octanol–water partition coefficient (Wildman–Crippen LogP) is 3.55. The minimum atomic E-state index is -0.900. The van der Waals surface area contributed by atoms with Gasteiger partial charge in [0.2, 0.25) is 5.91 Å². The molecule has 0 bridgehead atoms. The van der Waals surface area contributed by atoms with Crippen LogP contribution in [0.15, 0.2) is 48.5 Å². The minimum Gasteiger partial charge on any atom is -0.481 e. The third kappa shape index (κ3) is 6.19. The number of nitrogens with one attached hydrogen (secondary N) is 2. The van der Waals surface area contributed by atoms with Crippen LogP contribution in [-0.4, -0.2) is 56.0 Å². The van der Waals surface area contributed by atoms with Gasteiger partial charge in [0.25, 0.3) is 0 Å². The Morgan fingerprint density at radius 1 is 1.00 bits per heavy atom. The van der Waals surface area contributed by atoms with Crippen LogP contribution in [0.4, 0.5) is 4.79 Å². The molecule has 8 nitrogen and oxygen atoms in total. The highest BCUT2D eigenvalue weighted by molar-refractivity contribution is 5.82. The van der Waals surface area contributed by atoms with Crippen molar-refractivity contribution in [3.63, 3.8) is 0 Å². The molecule has 2 unspecified atom stereocenters. The van der Waals surface area contributed by atoms with E-state index in [-0.39, 0.29) is 37.9 Å². The van der Waals surface area contributed by atoms with Crippen molar-refractivity contribution in [2.45, 2.75) is 37.7 Å². The molecule has 3 N–H and O–H groups in total. The molecular weight excluding hydrogens is 448 g/mol. The van der Waals surface area contributed by atoms with Crippen molar-refractivity contribution in [1.29, 1.82) is 0 Å². The maximum Gasteiger partial charge on any atom is 0.407 e. The van der Waals surface area contributed by atoms with Crippen molar-refractivity contribution >= 4 is 18.0 Å². The Bertz CT molecular complexity index is 1020. The van der Waals surface area contributed by atoms with Crippen LogP contribution in [0.1, 0.15) is 42.7 Å². The largest absolute Gasteiger partial charge is 0.481 e. The highest BCUT2D eigenvalue weighted by Crippen LogP contribution is 2.44. The van der Waals surface area contributed by atoms with Gasteiger partial charge >= 0.3 is 12.1 Å². The molecule has 2 aromatic carbocycles. The standard InChI is InChI=1S/C27H32N2O6/c1-34-24(25(30)29-15-18(26(31)32)14-17-10-11-17)12-13-28-27(33)35-16-23-21-8-4-2-6-19(21)20-7-3-5-9-22(20)23/h2-9,17-18,23-24H,10-16H2,1H3,(H,28,33)(H,29,30)(H,31,32). The maximum absolute atomic E-state index is 12.4. The van der Waals surface area contributed by atoms with Gasteiger partial charge in [0.15, 0.2) is 0 Å². The first-order valence-corrected chi connectivity index (χ1v) is 12.1. The molecule has 0 saturated heterocycles. The molecule has 2 aromatic rings. The predicted molar refractivity (Wildman–Crippen MR) is 130 cm³/mol. The molecule has 0 aliphatic heterocycles. The average molecular weight is 481 g/mol. The topological polar surface area (TPSA) is 114 Å². The maximum atomic E-state index is 12.4. The molecule has 0 radical (unpaired) electrons. The Hall–Kier alpha value is -3.39. The van der Waals surface area contributed by atoms with Crippen LogP contribution in [0.5, 0.6) is 0 Å². The molecule has 4 rings (SSSR count). The lowest BCUT2D eigenvalue weighted by Gasteiger charge is -2.18.